The fraction of sp³-hybridized carbons (Fsp3) is 0.667. The van der Waals surface area contributed by atoms with E-state index in [9.17, 15) is 4.79 Å². The predicted octanol–water partition coefficient (Wildman–Crippen LogP) is 1.75. The van der Waals surface area contributed by atoms with Gasteiger partial charge in [-0.05, 0) is 34.6 Å². The van der Waals surface area contributed by atoms with Crippen molar-refractivity contribution in [3.8, 4) is 0 Å². The van der Waals surface area contributed by atoms with Crippen LogP contribution in [0.15, 0.2) is 11.3 Å². The van der Waals surface area contributed by atoms with Gasteiger partial charge in [0, 0.05) is 11.2 Å². The highest BCUT2D eigenvalue weighted by Gasteiger charge is 2.12. The van der Waals surface area contributed by atoms with Gasteiger partial charge in [-0.25, -0.2) is 4.79 Å². The number of aliphatic carboxylic acids is 1. The first-order chi connectivity index (χ1) is 5.24. The number of nitrogens with one attached hydrogen (secondary N) is 1. The molecule has 0 saturated heterocycles. The maximum Gasteiger partial charge on any atom is 0.333 e. The van der Waals surface area contributed by atoms with Crippen molar-refractivity contribution in [2.45, 2.75) is 40.2 Å². The maximum absolute atomic E-state index is 10.5. The Kier molecular flexibility index (Phi) is 3.31. The fourth-order valence-corrected chi connectivity index (χ4v) is 0.817. The second kappa shape index (κ2) is 3.61. The van der Waals surface area contributed by atoms with Crippen molar-refractivity contribution in [3.63, 3.8) is 0 Å². The van der Waals surface area contributed by atoms with Crippen LogP contribution < -0.4 is 5.32 Å². The monoisotopic (exact) mass is 171 g/mol. The normalized spacial score (nSPS) is 13.8. The summed E-state index contributed by atoms with van der Waals surface area (Å²) in [5.74, 6) is -0.871. The minimum absolute atomic E-state index is 0.0825. The van der Waals surface area contributed by atoms with Crippen molar-refractivity contribution in [2.75, 3.05) is 0 Å². The van der Waals surface area contributed by atoms with Crippen LogP contribution in [0.5, 0.6) is 0 Å². The van der Waals surface area contributed by atoms with Crippen molar-refractivity contribution >= 4 is 5.97 Å². The second-order valence-electron chi connectivity index (χ2n) is 3.93. The lowest BCUT2D eigenvalue weighted by atomic mass is 10.1. The van der Waals surface area contributed by atoms with Crippen LogP contribution in [0.3, 0.4) is 0 Å². The molecular weight excluding hydrogens is 154 g/mol. The highest BCUT2D eigenvalue weighted by atomic mass is 16.4. The van der Waals surface area contributed by atoms with E-state index in [1.807, 2.05) is 20.8 Å². The van der Waals surface area contributed by atoms with E-state index in [-0.39, 0.29) is 5.54 Å². The molecule has 0 heterocycles. The lowest BCUT2D eigenvalue weighted by Crippen LogP contribution is -2.35. The van der Waals surface area contributed by atoms with E-state index < -0.39 is 5.97 Å². The third-order valence-electron chi connectivity index (χ3n) is 1.45. The van der Waals surface area contributed by atoms with E-state index in [0.717, 1.165) is 5.70 Å². The predicted molar refractivity (Wildman–Crippen MR) is 48.9 cm³/mol. The summed E-state index contributed by atoms with van der Waals surface area (Å²) in [4.78, 5) is 10.5. The molecule has 0 spiro atoms. The zero-order valence-electron chi connectivity index (χ0n) is 8.36. The molecule has 12 heavy (non-hydrogen) atoms. The van der Waals surface area contributed by atoms with E-state index in [1.54, 1.807) is 13.8 Å². The topological polar surface area (TPSA) is 49.3 Å². The Morgan fingerprint density at radius 2 is 1.67 bits per heavy atom. The van der Waals surface area contributed by atoms with Crippen LogP contribution in [0.4, 0.5) is 0 Å². The lowest BCUT2D eigenvalue weighted by Gasteiger charge is -2.23. The number of hydrogen-bond acceptors (Lipinski definition) is 2. The van der Waals surface area contributed by atoms with Crippen molar-refractivity contribution in [3.05, 3.63) is 11.3 Å². The van der Waals surface area contributed by atoms with E-state index in [4.69, 9.17) is 5.11 Å². The summed E-state index contributed by atoms with van der Waals surface area (Å²) in [6, 6.07) is 0. The molecule has 0 bridgehead atoms. The molecule has 0 amide bonds. The van der Waals surface area contributed by atoms with Gasteiger partial charge in [0.25, 0.3) is 0 Å². The molecule has 0 saturated carbocycles. The molecule has 0 unspecified atom stereocenters. The summed E-state index contributed by atoms with van der Waals surface area (Å²) in [5.41, 5.74) is 1.00. The summed E-state index contributed by atoms with van der Waals surface area (Å²) in [6.07, 6.45) is 0. The van der Waals surface area contributed by atoms with E-state index >= 15 is 0 Å². The third kappa shape index (κ3) is 4.01. The van der Waals surface area contributed by atoms with Crippen molar-refractivity contribution < 1.29 is 9.90 Å². The van der Waals surface area contributed by atoms with Crippen LogP contribution in [0.1, 0.15) is 34.6 Å². The number of carbonyl (C=O) groups is 1. The molecule has 0 aliphatic rings. The van der Waals surface area contributed by atoms with Crippen LogP contribution in [0.25, 0.3) is 0 Å². The van der Waals surface area contributed by atoms with Crippen molar-refractivity contribution in [1.29, 1.82) is 0 Å². The average molecular weight is 171 g/mol. The van der Waals surface area contributed by atoms with Gasteiger partial charge in [-0.15, -0.1) is 0 Å². The molecule has 0 aliphatic carbocycles. The minimum Gasteiger partial charge on any atom is -0.478 e. The Hall–Kier alpha value is -0.990. The van der Waals surface area contributed by atoms with Crippen molar-refractivity contribution in [2.24, 2.45) is 0 Å². The van der Waals surface area contributed by atoms with Crippen LogP contribution in [-0.2, 0) is 4.79 Å². The van der Waals surface area contributed by atoms with Crippen LogP contribution in [-0.4, -0.2) is 16.6 Å². The SMILES string of the molecule is C/C(NC(C)(C)C)=C(/C)C(=O)O. The summed E-state index contributed by atoms with van der Waals surface area (Å²) < 4.78 is 0. The summed E-state index contributed by atoms with van der Waals surface area (Å²) in [5, 5.41) is 11.8. The standard InChI is InChI=1S/C9H17NO2/c1-6(8(11)12)7(2)10-9(3,4)5/h10H,1-5H3,(H,11,12)/b7-6+. The number of carboxylic acid groups (broad SMARTS) is 1. The van der Waals surface area contributed by atoms with Crippen LogP contribution in [0.2, 0.25) is 0 Å². The van der Waals surface area contributed by atoms with Gasteiger partial charge >= 0.3 is 5.97 Å². The molecule has 0 atom stereocenters. The molecular formula is C9H17NO2. The number of carboxylic acids is 1. The van der Waals surface area contributed by atoms with Crippen LogP contribution in [0, 0.1) is 0 Å². The number of rotatable bonds is 2. The molecule has 0 aromatic heterocycles. The second-order valence-corrected chi connectivity index (χ2v) is 3.93. The van der Waals surface area contributed by atoms with Gasteiger partial charge in [0.05, 0.1) is 5.57 Å². The highest BCUT2D eigenvalue weighted by molar-refractivity contribution is 5.86. The van der Waals surface area contributed by atoms with Crippen LogP contribution >= 0.6 is 0 Å². The molecule has 0 aromatic rings. The minimum atomic E-state index is -0.871. The first kappa shape index (κ1) is 11.0. The molecule has 70 valence electrons. The Morgan fingerprint density at radius 1 is 1.25 bits per heavy atom. The first-order valence-corrected chi connectivity index (χ1v) is 3.93. The fourth-order valence-electron chi connectivity index (χ4n) is 0.817. The van der Waals surface area contributed by atoms with E-state index in [2.05, 4.69) is 5.32 Å². The Bertz CT molecular complexity index is 211. The number of allylic oxidation sites excluding steroid dienone is 1. The summed E-state index contributed by atoms with van der Waals surface area (Å²) in [6.45, 7) is 9.34. The molecule has 3 nitrogen and oxygen atoms in total. The number of hydrogen-bond donors (Lipinski definition) is 2. The zero-order valence-corrected chi connectivity index (χ0v) is 8.36. The quantitative estimate of drug-likeness (QED) is 0.622. The average Bonchev–Trinajstić information content (AvgIpc) is 1.82. The molecule has 0 aromatic carbocycles. The molecule has 3 heteroatoms. The maximum atomic E-state index is 10.5. The Morgan fingerprint density at radius 3 is 1.92 bits per heavy atom. The van der Waals surface area contributed by atoms with Gasteiger partial charge in [0.1, 0.15) is 0 Å². The van der Waals surface area contributed by atoms with Gasteiger partial charge in [-0.2, -0.15) is 0 Å². The molecule has 2 N–H and O–H groups in total. The highest BCUT2D eigenvalue weighted by Crippen LogP contribution is 2.07. The van der Waals surface area contributed by atoms with E-state index in [1.165, 1.54) is 0 Å². The summed E-state index contributed by atoms with van der Waals surface area (Å²) in [7, 11) is 0. The molecule has 0 radical (unpaired) electrons. The molecule has 0 fully saturated rings. The Balaban J connectivity index is 4.49. The first-order valence-electron chi connectivity index (χ1n) is 3.93. The van der Waals surface area contributed by atoms with Gasteiger partial charge < -0.3 is 10.4 Å². The molecule has 0 rings (SSSR count). The Labute approximate surface area is 73.5 Å². The van der Waals surface area contributed by atoms with Gasteiger partial charge in [0.15, 0.2) is 0 Å². The van der Waals surface area contributed by atoms with Gasteiger partial charge in [-0.3, -0.25) is 0 Å². The zero-order chi connectivity index (χ0) is 9.94. The van der Waals surface area contributed by atoms with Gasteiger partial charge in [0.2, 0.25) is 0 Å². The summed E-state index contributed by atoms with van der Waals surface area (Å²) >= 11 is 0. The lowest BCUT2D eigenvalue weighted by molar-refractivity contribution is -0.132. The molecule has 0 aliphatic heterocycles. The smallest absolute Gasteiger partial charge is 0.333 e. The largest absolute Gasteiger partial charge is 0.478 e. The van der Waals surface area contributed by atoms with Crippen molar-refractivity contribution in [1.82, 2.24) is 5.32 Å². The van der Waals surface area contributed by atoms with Gasteiger partial charge in [-0.1, -0.05) is 0 Å². The third-order valence-corrected chi connectivity index (χ3v) is 1.45. The van der Waals surface area contributed by atoms with E-state index in [0.29, 0.717) is 5.57 Å².